The molecule has 0 bridgehead atoms. The van der Waals surface area contributed by atoms with Crippen molar-refractivity contribution in [3.63, 3.8) is 0 Å². The van der Waals surface area contributed by atoms with Crippen molar-refractivity contribution in [3.8, 4) is 0 Å². The molecule has 0 aromatic rings. The van der Waals surface area contributed by atoms with Crippen molar-refractivity contribution in [1.29, 1.82) is 0 Å². The molecule has 0 amide bonds. The summed E-state index contributed by atoms with van der Waals surface area (Å²) in [4.78, 5) is 0. The third-order valence-corrected chi connectivity index (χ3v) is 1.40. The lowest BCUT2D eigenvalue weighted by Crippen LogP contribution is -2.15. The van der Waals surface area contributed by atoms with Crippen LogP contribution in [-0.4, -0.2) is 12.3 Å². The Kier molecular flexibility index (Phi) is 1.81. The maximum atomic E-state index is 12.2. The Bertz CT molecular complexity index is 54.9. The van der Waals surface area contributed by atoms with Crippen LogP contribution in [0.3, 0.4) is 0 Å². The van der Waals surface area contributed by atoms with E-state index in [0.29, 0.717) is 19.3 Å². The van der Waals surface area contributed by atoms with Crippen LogP contribution in [0.4, 0.5) is 8.78 Å². The quantitative estimate of drug-likeness (QED) is 0.457. The molecule has 0 N–H and O–H groups in total. The van der Waals surface area contributed by atoms with E-state index in [4.69, 9.17) is 0 Å². The molecule has 1 radical (unpaired) electrons. The Labute approximate surface area is 47.9 Å². The summed E-state index contributed by atoms with van der Waals surface area (Å²) < 4.78 is 24.3. The first-order valence-electron chi connectivity index (χ1n) is 2.90. The fraction of sp³-hybridized carbons (Fsp3) is 0.833. The summed E-state index contributed by atoms with van der Waals surface area (Å²) in [5, 5.41) is 0. The monoisotopic (exact) mass is 119 g/mol. The minimum absolute atomic E-state index is 0.307. The number of halogens is 2. The van der Waals surface area contributed by atoms with Gasteiger partial charge in [-0.2, -0.15) is 0 Å². The van der Waals surface area contributed by atoms with Gasteiger partial charge in [0.25, 0.3) is 0 Å². The van der Waals surface area contributed by atoms with Gasteiger partial charge < -0.3 is 0 Å². The van der Waals surface area contributed by atoms with Gasteiger partial charge in [-0.05, 0) is 25.7 Å². The average Bonchev–Trinajstić information content (AvgIpc) is 1.77. The highest BCUT2D eigenvalue weighted by molar-refractivity contribution is 4.85. The van der Waals surface area contributed by atoms with Gasteiger partial charge in [0.1, 0.15) is 12.3 Å². The van der Waals surface area contributed by atoms with Crippen molar-refractivity contribution < 1.29 is 8.78 Å². The van der Waals surface area contributed by atoms with E-state index < -0.39 is 12.3 Å². The third-order valence-electron chi connectivity index (χ3n) is 1.40. The number of hydrogen-bond acceptors (Lipinski definition) is 0. The first-order valence-corrected chi connectivity index (χ1v) is 2.90. The van der Waals surface area contributed by atoms with E-state index in [-0.39, 0.29) is 0 Å². The number of rotatable bonds is 0. The van der Waals surface area contributed by atoms with Gasteiger partial charge in [-0.15, -0.1) is 0 Å². The van der Waals surface area contributed by atoms with E-state index in [1.807, 2.05) is 0 Å². The van der Waals surface area contributed by atoms with Crippen molar-refractivity contribution in [2.45, 2.75) is 31.6 Å². The molecule has 0 heterocycles. The molecule has 0 aliphatic heterocycles. The van der Waals surface area contributed by atoms with Gasteiger partial charge in [0.05, 0.1) is 0 Å². The highest BCUT2D eigenvalue weighted by Gasteiger charge is 2.19. The maximum Gasteiger partial charge on any atom is 0.103 e. The lowest BCUT2D eigenvalue weighted by molar-refractivity contribution is 0.215. The average molecular weight is 119 g/mol. The summed E-state index contributed by atoms with van der Waals surface area (Å²) in [5.74, 6) is 0. The van der Waals surface area contributed by atoms with Crippen molar-refractivity contribution >= 4 is 0 Å². The first-order chi connectivity index (χ1) is 3.79. The summed E-state index contributed by atoms with van der Waals surface area (Å²) >= 11 is 0. The summed E-state index contributed by atoms with van der Waals surface area (Å²) in [6.45, 7) is 0. The lowest BCUT2D eigenvalue weighted by Gasteiger charge is -2.16. The van der Waals surface area contributed by atoms with Crippen molar-refractivity contribution in [1.82, 2.24) is 0 Å². The molecular formula is C6H9F2. The van der Waals surface area contributed by atoms with Crippen LogP contribution in [0.5, 0.6) is 0 Å². The molecule has 1 saturated carbocycles. The van der Waals surface area contributed by atoms with E-state index in [0.717, 1.165) is 0 Å². The Morgan fingerprint density at radius 1 is 1.25 bits per heavy atom. The second-order valence-electron chi connectivity index (χ2n) is 2.16. The molecule has 0 saturated heterocycles. The Morgan fingerprint density at radius 2 is 2.00 bits per heavy atom. The fourth-order valence-electron chi connectivity index (χ4n) is 0.871. The van der Waals surface area contributed by atoms with Crippen LogP contribution >= 0.6 is 0 Å². The van der Waals surface area contributed by atoms with Gasteiger partial charge in [0, 0.05) is 0 Å². The largest absolute Gasteiger partial charge is 0.247 e. The standard InChI is InChI=1S/C6H9F2/c7-5-1-2-6(8)4-3-5/h1,5-6H,2-4H2. The number of hydrogen-bond donors (Lipinski definition) is 0. The Morgan fingerprint density at radius 3 is 2.38 bits per heavy atom. The molecule has 8 heavy (non-hydrogen) atoms. The number of alkyl halides is 2. The van der Waals surface area contributed by atoms with Crippen LogP contribution in [0.25, 0.3) is 0 Å². The molecule has 2 heteroatoms. The van der Waals surface area contributed by atoms with E-state index in [9.17, 15) is 8.78 Å². The molecule has 47 valence electrons. The molecule has 2 unspecified atom stereocenters. The maximum absolute atomic E-state index is 12.2. The Balaban J connectivity index is 2.19. The van der Waals surface area contributed by atoms with E-state index in [1.54, 1.807) is 0 Å². The normalized spacial score (nSPS) is 39.8. The van der Waals surface area contributed by atoms with Crippen molar-refractivity contribution in [2.75, 3.05) is 0 Å². The fourth-order valence-corrected chi connectivity index (χ4v) is 0.871. The second-order valence-corrected chi connectivity index (χ2v) is 2.16. The van der Waals surface area contributed by atoms with E-state index in [2.05, 4.69) is 0 Å². The highest BCUT2D eigenvalue weighted by atomic mass is 19.1. The van der Waals surface area contributed by atoms with Crippen LogP contribution in [-0.2, 0) is 0 Å². The minimum atomic E-state index is -0.845. The highest BCUT2D eigenvalue weighted by Crippen LogP contribution is 2.21. The van der Waals surface area contributed by atoms with E-state index in [1.165, 1.54) is 6.42 Å². The molecule has 1 aliphatic carbocycles. The molecule has 0 spiro atoms. The van der Waals surface area contributed by atoms with Gasteiger partial charge in [-0.25, -0.2) is 8.78 Å². The van der Waals surface area contributed by atoms with Crippen LogP contribution in [0.1, 0.15) is 19.3 Å². The van der Waals surface area contributed by atoms with Gasteiger partial charge in [0.2, 0.25) is 0 Å². The van der Waals surface area contributed by atoms with Gasteiger partial charge in [0.15, 0.2) is 0 Å². The predicted molar refractivity (Wildman–Crippen MR) is 27.9 cm³/mol. The Hall–Kier alpha value is -0.140. The molecule has 0 aromatic heterocycles. The molecule has 1 rings (SSSR count). The van der Waals surface area contributed by atoms with Gasteiger partial charge in [-0.3, -0.25) is 0 Å². The minimum Gasteiger partial charge on any atom is -0.247 e. The van der Waals surface area contributed by atoms with E-state index >= 15 is 0 Å². The zero-order chi connectivity index (χ0) is 5.98. The van der Waals surface area contributed by atoms with Crippen LogP contribution < -0.4 is 0 Å². The van der Waals surface area contributed by atoms with Crippen molar-refractivity contribution in [2.24, 2.45) is 0 Å². The molecule has 1 aliphatic rings. The van der Waals surface area contributed by atoms with Crippen LogP contribution in [0.15, 0.2) is 0 Å². The molecule has 0 nitrogen and oxygen atoms in total. The smallest absolute Gasteiger partial charge is 0.103 e. The lowest BCUT2D eigenvalue weighted by atomic mass is 9.97. The van der Waals surface area contributed by atoms with Crippen LogP contribution in [0, 0.1) is 6.42 Å². The zero-order valence-electron chi connectivity index (χ0n) is 4.61. The summed E-state index contributed by atoms with van der Waals surface area (Å²) in [6, 6.07) is 0. The molecule has 1 fully saturated rings. The second kappa shape index (κ2) is 2.42. The summed E-state index contributed by atoms with van der Waals surface area (Å²) in [6.07, 6.45) is 0.873. The summed E-state index contributed by atoms with van der Waals surface area (Å²) in [7, 11) is 0. The van der Waals surface area contributed by atoms with Gasteiger partial charge >= 0.3 is 0 Å². The van der Waals surface area contributed by atoms with Crippen LogP contribution in [0.2, 0.25) is 0 Å². The third kappa shape index (κ3) is 1.42. The predicted octanol–water partition coefficient (Wildman–Crippen LogP) is 2.05. The molecule has 0 aromatic carbocycles. The van der Waals surface area contributed by atoms with Gasteiger partial charge in [-0.1, -0.05) is 0 Å². The zero-order valence-corrected chi connectivity index (χ0v) is 4.61. The SMILES string of the molecule is FC1[CH]CC(F)CC1. The molecule has 2 atom stereocenters. The topological polar surface area (TPSA) is 0 Å². The summed E-state index contributed by atoms with van der Waals surface area (Å²) in [5.41, 5.74) is 0. The van der Waals surface area contributed by atoms with Crippen molar-refractivity contribution in [3.05, 3.63) is 6.42 Å². The molecular weight excluding hydrogens is 110 g/mol. The first kappa shape index (κ1) is 5.99.